The standard InChI is InChI=1S/C16H26O5/c1-15(2,3)12-5-6-13(20-4)14(7-12)21-11-16(8-17,9-18)10-19/h5-7,17-19H,8-11H2,1-4H3. The summed E-state index contributed by atoms with van der Waals surface area (Å²) in [5.41, 5.74) is -0.0179. The van der Waals surface area contributed by atoms with Gasteiger partial charge >= 0.3 is 0 Å². The van der Waals surface area contributed by atoms with Crippen molar-refractivity contribution in [3.63, 3.8) is 0 Å². The molecule has 0 spiro atoms. The molecule has 0 aromatic heterocycles. The smallest absolute Gasteiger partial charge is 0.161 e. The molecular formula is C16H26O5. The third-order valence-electron chi connectivity index (χ3n) is 3.57. The molecule has 5 nitrogen and oxygen atoms in total. The first-order valence-electron chi connectivity index (χ1n) is 6.96. The molecule has 0 bridgehead atoms. The van der Waals surface area contributed by atoms with Crippen LogP contribution in [0.3, 0.4) is 0 Å². The summed E-state index contributed by atoms with van der Waals surface area (Å²) in [6, 6.07) is 5.69. The number of benzene rings is 1. The van der Waals surface area contributed by atoms with E-state index in [4.69, 9.17) is 9.47 Å². The Labute approximate surface area is 126 Å². The SMILES string of the molecule is COc1ccc(C(C)(C)C)cc1OCC(CO)(CO)CO. The second-order valence-electron chi connectivity index (χ2n) is 6.38. The van der Waals surface area contributed by atoms with Crippen molar-refractivity contribution in [1.29, 1.82) is 0 Å². The number of aliphatic hydroxyl groups is 3. The van der Waals surface area contributed by atoms with Gasteiger partial charge in [0, 0.05) is 0 Å². The van der Waals surface area contributed by atoms with E-state index in [1.807, 2.05) is 18.2 Å². The van der Waals surface area contributed by atoms with Gasteiger partial charge in [0.1, 0.15) is 6.61 Å². The summed E-state index contributed by atoms with van der Waals surface area (Å²) in [5, 5.41) is 28.0. The van der Waals surface area contributed by atoms with Gasteiger partial charge in [-0.3, -0.25) is 0 Å². The second-order valence-corrected chi connectivity index (χ2v) is 6.38. The highest BCUT2D eigenvalue weighted by Gasteiger charge is 2.30. The number of methoxy groups -OCH3 is 1. The summed E-state index contributed by atoms with van der Waals surface area (Å²) in [5.74, 6) is 1.11. The van der Waals surface area contributed by atoms with E-state index in [1.165, 1.54) is 0 Å². The topological polar surface area (TPSA) is 79.2 Å². The van der Waals surface area contributed by atoms with Crippen molar-refractivity contribution in [2.24, 2.45) is 5.41 Å². The molecule has 1 rings (SSSR count). The number of hydrogen-bond acceptors (Lipinski definition) is 5. The van der Waals surface area contributed by atoms with Crippen molar-refractivity contribution in [1.82, 2.24) is 0 Å². The van der Waals surface area contributed by atoms with E-state index < -0.39 is 5.41 Å². The summed E-state index contributed by atoms with van der Waals surface area (Å²) < 4.78 is 11.0. The molecule has 0 fully saturated rings. The first kappa shape index (κ1) is 17.8. The van der Waals surface area contributed by atoms with Crippen LogP contribution in [0.1, 0.15) is 26.3 Å². The Morgan fingerprint density at radius 3 is 1.95 bits per heavy atom. The van der Waals surface area contributed by atoms with Gasteiger partial charge in [-0.1, -0.05) is 26.8 Å². The fourth-order valence-electron chi connectivity index (χ4n) is 1.77. The zero-order chi connectivity index (χ0) is 16.1. The van der Waals surface area contributed by atoms with Crippen LogP contribution in [0.5, 0.6) is 11.5 Å². The lowest BCUT2D eigenvalue weighted by Gasteiger charge is -2.28. The van der Waals surface area contributed by atoms with Gasteiger partial charge in [-0.05, 0) is 23.1 Å². The monoisotopic (exact) mass is 298 g/mol. The lowest BCUT2D eigenvalue weighted by atomic mass is 9.87. The van der Waals surface area contributed by atoms with E-state index in [-0.39, 0.29) is 31.8 Å². The minimum Gasteiger partial charge on any atom is -0.493 e. The van der Waals surface area contributed by atoms with E-state index in [2.05, 4.69) is 20.8 Å². The van der Waals surface area contributed by atoms with E-state index in [9.17, 15) is 15.3 Å². The second kappa shape index (κ2) is 7.11. The van der Waals surface area contributed by atoms with Gasteiger partial charge in [0.25, 0.3) is 0 Å². The van der Waals surface area contributed by atoms with Gasteiger partial charge < -0.3 is 24.8 Å². The van der Waals surface area contributed by atoms with E-state index in [0.717, 1.165) is 5.56 Å². The van der Waals surface area contributed by atoms with E-state index in [0.29, 0.717) is 11.5 Å². The van der Waals surface area contributed by atoms with E-state index >= 15 is 0 Å². The summed E-state index contributed by atoms with van der Waals surface area (Å²) in [7, 11) is 1.55. The van der Waals surface area contributed by atoms with Crippen molar-refractivity contribution in [2.45, 2.75) is 26.2 Å². The lowest BCUT2D eigenvalue weighted by Crippen LogP contribution is -2.39. The molecule has 0 unspecified atom stereocenters. The van der Waals surface area contributed by atoms with Gasteiger partial charge in [-0.2, -0.15) is 0 Å². The molecule has 0 atom stereocenters. The van der Waals surface area contributed by atoms with Crippen molar-refractivity contribution in [3.8, 4) is 11.5 Å². The Hall–Kier alpha value is -1.30. The van der Waals surface area contributed by atoms with Crippen molar-refractivity contribution < 1.29 is 24.8 Å². The predicted octanol–water partition coefficient (Wildman–Crippen LogP) is 1.33. The molecule has 0 saturated heterocycles. The highest BCUT2D eigenvalue weighted by atomic mass is 16.5. The molecule has 1 aromatic rings. The highest BCUT2D eigenvalue weighted by Crippen LogP contribution is 2.34. The van der Waals surface area contributed by atoms with Crippen LogP contribution in [0.4, 0.5) is 0 Å². The van der Waals surface area contributed by atoms with Crippen molar-refractivity contribution >= 4 is 0 Å². The molecule has 0 radical (unpaired) electrons. The summed E-state index contributed by atoms with van der Waals surface area (Å²) in [4.78, 5) is 0. The summed E-state index contributed by atoms with van der Waals surface area (Å²) in [6.07, 6.45) is 0. The van der Waals surface area contributed by atoms with Crippen LogP contribution in [0, 0.1) is 5.41 Å². The van der Waals surface area contributed by atoms with Crippen LogP contribution >= 0.6 is 0 Å². The summed E-state index contributed by atoms with van der Waals surface area (Å²) >= 11 is 0. The molecule has 5 heteroatoms. The minimum absolute atomic E-state index is 0.000453. The zero-order valence-electron chi connectivity index (χ0n) is 13.2. The summed E-state index contributed by atoms with van der Waals surface area (Å²) in [6.45, 7) is 5.21. The average Bonchev–Trinajstić information content (AvgIpc) is 2.48. The highest BCUT2D eigenvalue weighted by molar-refractivity contribution is 5.44. The maximum atomic E-state index is 9.33. The first-order valence-corrected chi connectivity index (χ1v) is 6.96. The fourth-order valence-corrected chi connectivity index (χ4v) is 1.77. The van der Waals surface area contributed by atoms with E-state index in [1.54, 1.807) is 7.11 Å². The normalized spacial score (nSPS) is 12.3. The van der Waals surface area contributed by atoms with Crippen molar-refractivity contribution in [2.75, 3.05) is 33.5 Å². The Morgan fingerprint density at radius 2 is 1.52 bits per heavy atom. The molecule has 0 heterocycles. The average molecular weight is 298 g/mol. The molecule has 3 N–H and O–H groups in total. The predicted molar refractivity (Wildman–Crippen MR) is 80.9 cm³/mol. The lowest BCUT2D eigenvalue weighted by molar-refractivity contribution is -0.0263. The van der Waals surface area contributed by atoms with Crippen molar-refractivity contribution in [3.05, 3.63) is 23.8 Å². The maximum Gasteiger partial charge on any atom is 0.161 e. The fraction of sp³-hybridized carbons (Fsp3) is 0.625. The quantitative estimate of drug-likeness (QED) is 0.708. The molecule has 0 saturated carbocycles. The van der Waals surface area contributed by atoms with Gasteiger partial charge in [-0.15, -0.1) is 0 Å². The molecule has 0 aliphatic carbocycles. The molecule has 1 aromatic carbocycles. The number of ether oxygens (including phenoxy) is 2. The molecule has 120 valence electrons. The van der Waals surface area contributed by atoms with Gasteiger partial charge in [0.2, 0.25) is 0 Å². The van der Waals surface area contributed by atoms with Crippen LogP contribution in [0.25, 0.3) is 0 Å². The van der Waals surface area contributed by atoms with Crippen LogP contribution < -0.4 is 9.47 Å². The Morgan fingerprint density at radius 1 is 0.952 bits per heavy atom. The van der Waals surface area contributed by atoms with Gasteiger partial charge in [0.05, 0.1) is 32.3 Å². The largest absolute Gasteiger partial charge is 0.493 e. The van der Waals surface area contributed by atoms with Crippen LogP contribution in [-0.4, -0.2) is 48.9 Å². The zero-order valence-corrected chi connectivity index (χ0v) is 13.2. The maximum absolute atomic E-state index is 9.33. The third kappa shape index (κ3) is 4.33. The number of aliphatic hydroxyl groups excluding tert-OH is 3. The van der Waals surface area contributed by atoms with Gasteiger partial charge in [-0.25, -0.2) is 0 Å². The molecule has 21 heavy (non-hydrogen) atoms. The molecule has 0 aliphatic heterocycles. The first-order chi connectivity index (χ1) is 9.81. The Balaban J connectivity index is 3.00. The number of rotatable bonds is 7. The third-order valence-corrected chi connectivity index (χ3v) is 3.57. The molecular weight excluding hydrogens is 272 g/mol. The van der Waals surface area contributed by atoms with Crippen LogP contribution in [0.2, 0.25) is 0 Å². The molecule has 0 amide bonds. The van der Waals surface area contributed by atoms with Crippen LogP contribution in [0.15, 0.2) is 18.2 Å². The Bertz CT molecular complexity index is 438. The number of hydrogen-bond donors (Lipinski definition) is 3. The Kier molecular flexibility index (Phi) is 6.01. The minimum atomic E-state index is -1.07. The molecule has 0 aliphatic rings. The van der Waals surface area contributed by atoms with Crippen LogP contribution in [-0.2, 0) is 5.41 Å². The van der Waals surface area contributed by atoms with Gasteiger partial charge in [0.15, 0.2) is 11.5 Å².